The molecular weight excluding hydrogens is 226 g/mol. The molecule has 0 spiro atoms. The summed E-state index contributed by atoms with van der Waals surface area (Å²) in [5.41, 5.74) is 11.4. The van der Waals surface area contributed by atoms with Crippen LogP contribution in [0.1, 0.15) is 18.0 Å². The SMILES string of the molecule is Cl.NCC[C@@H](N)c1cccc(Cl)c1F. The molecule has 0 amide bonds. The summed E-state index contributed by atoms with van der Waals surface area (Å²) in [7, 11) is 0. The second-order valence-electron chi connectivity index (χ2n) is 2.83. The Hall–Kier alpha value is -0.350. The van der Waals surface area contributed by atoms with E-state index in [1.807, 2.05) is 0 Å². The molecule has 0 saturated heterocycles. The standard InChI is InChI=1S/C9H12ClFN2.ClH/c10-7-3-1-2-6(9(7)11)8(13)4-5-12;/h1-3,8H,4-5,12-13H2;1H/t8-;/m1./s1. The van der Waals surface area contributed by atoms with Gasteiger partial charge in [-0.05, 0) is 19.0 Å². The highest BCUT2D eigenvalue weighted by molar-refractivity contribution is 6.30. The van der Waals surface area contributed by atoms with E-state index >= 15 is 0 Å². The van der Waals surface area contributed by atoms with Gasteiger partial charge in [0.2, 0.25) is 0 Å². The van der Waals surface area contributed by atoms with E-state index in [4.69, 9.17) is 23.1 Å². The van der Waals surface area contributed by atoms with Gasteiger partial charge in [-0.2, -0.15) is 0 Å². The van der Waals surface area contributed by atoms with E-state index in [-0.39, 0.29) is 23.5 Å². The summed E-state index contributed by atoms with van der Waals surface area (Å²) in [4.78, 5) is 0. The number of halogens is 3. The summed E-state index contributed by atoms with van der Waals surface area (Å²) in [6.45, 7) is 0.438. The van der Waals surface area contributed by atoms with Crippen molar-refractivity contribution in [1.82, 2.24) is 0 Å². The Morgan fingerprint density at radius 1 is 1.43 bits per heavy atom. The van der Waals surface area contributed by atoms with Gasteiger partial charge >= 0.3 is 0 Å². The van der Waals surface area contributed by atoms with Gasteiger partial charge in [-0.15, -0.1) is 12.4 Å². The minimum absolute atomic E-state index is 0. The van der Waals surface area contributed by atoms with Gasteiger partial charge in [-0.25, -0.2) is 4.39 Å². The quantitative estimate of drug-likeness (QED) is 0.849. The first-order valence-electron chi connectivity index (χ1n) is 4.06. The van der Waals surface area contributed by atoms with Gasteiger partial charge in [0.25, 0.3) is 0 Å². The molecule has 0 bridgehead atoms. The van der Waals surface area contributed by atoms with Crippen LogP contribution in [0.4, 0.5) is 4.39 Å². The molecule has 5 heteroatoms. The lowest BCUT2D eigenvalue weighted by atomic mass is 10.0. The maximum atomic E-state index is 13.3. The van der Waals surface area contributed by atoms with Crippen LogP contribution in [-0.4, -0.2) is 6.54 Å². The lowest BCUT2D eigenvalue weighted by Gasteiger charge is -2.11. The Morgan fingerprint density at radius 2 is 2.07 bits per heavy atom. The van der Waals surface area contributed by atoms with E-state index in [0.717, 1.165) is 0 Å². The first-order chi connectivity index (χ1) is 6.16. The molecule has 0 unspecified atom stereocenters. The number of benzene rings is 1. The molecule has 1 rings (SSSR count). The predicted octanol–water partition coefficient (Wildman–Crippen LogP) is 2.25. The zero-order valence-corrected chi connectivity index (χ0v) is 9.11. The van der Waals surface area contributed by atoms with E-state index < -0.39 is 5.82 Å². The van der Waals surface area contributed by atoms with Gasteiger partial charge in [0, 0.05) is 11.6 Å². The lowest BCUT2D eigenvalue weighted by molar-refractivity contribution is 0.567. The minimum atomic E-state index is -0.440. The van der Waals surface area contributed by atoms with Crippen LogP contribution in [0.3, 0.4) is 0 Å². The fourth-order valence-electron chi connectivity index (χ4n) is 1.14. The lowest BCUT2D eigenvalue weighted by Crippen LogP contribution is -2.16. The van der Waals surface area contributed by atoms with Crippen molar-refractivity contribution < 1.29 is 4.39 Å². The molecule has 2 nitrogen and oxygen atoms in total. The van der Waals surface area contributed by atoms with Crippen LogP contribution in [0, 0.1) is 5.82 Å². The molecule has 0 heterocycles. The monoisotopic (exact) mass is 238 g/mol. The Balaban J connectivity index is 0.00000169. The van der Waals surface area contributed by atoms with Crippen molar-refractivity contribution in [2.75, 3.05) is 6.54 Å². The van der Waals surface area contributed by atoms with Gasteiger partial charge in [0.05, 0.1) is 5.02 Å². The Bertz CT molecular complexity index is 294. The second-order valence-corrected chi connectivity index (χ2v) is 3.23. The Morgan fingerprint density at radius 3 is 2.64 bits per heavy atom. The van der Waals surface area contributed by atoms with Crippen LogP contribution in [0.5, 0.6) is 0 Å². The van der Waals surface area contributed by atoms with Crippen LogP contribution < -0.4 is 11.5 Å². The van der Waals surface area contributed by atoms with E-state index in [2.05, 4.69) is 0 Å². The minimum Gasteiger partial charge on any atom is -0.330 e. The third-order valence-corrected chi connectivity index (χ3v) is 2.15. The molecular formula is C9H13Cl2FN2. The van der Waals surface area contributed by atoms with Crippen molar-refractivity contribution in [2.45, 2.75) is 12.5 Å². The van der Waals surface area contributed by atoms with E-state index in [0.29, 0.717) is 18.5 Å². The van der Waals surface area contributed by atoms with Gasteiger partial charge in [-0.3, -0.25) is 0 Å². The summed E-state index contributed by atoms with van der Waals surface area (Å²) >= 11 is 5.60. The topological polar surface area (TPSA) is 52.0 Å². The molecule has 0 saturated carbocycles. The summed E-state index contributed by atoms with van der Waals surface area (Å²) in [5, 5.41) is 0.102. The first-order valence-corrected chi connectivity index (χ1v) is 4.44. The van der Waals surface area contributed by atoms with Gasteiger partial charge < -0.3 is 11.5 Å². The molecule has 80 valence electrons. The Labute approximate surface area is 93.8 Å². The fourth-order valence-corrected chi connectivity index (χ4v) is 1.32. The molecule has 1 aromatic carbocycles. The number of hydrogen-bond donors (Lipinski definition) is 2. The molecule has 1 aromatic rings. The predicted molar refractivity (Wildman–Crippen MR) is 59.3 cm³/mol. The van der Waals surface area contributed by atoms with Crippen LogP contribution in [0.25, 0.3) is 0 Å². The summed E-state index contributed by atoms with van der Waals surface area (Å²) < 4.78 is 13.3. The normalized spacial score (nSPS) is 12.0. The fraction of sp³-hybridized carbons (Fsp3) is 0.333. The highest BCUT2D eigenvalue weighted by Gasteiger charge is 2.12. The third kappa shape index (κ3) is 3.10. The summed E-state index contributed by atoms with van der Waals surface area (Å²) in [6, 6.07) is 4.43. The third-order valence-electron chi connectivity index (χ3n) is 1.86. The highest BCUT2D eigenvalue weighted by atomic mass is 35.5. The molecule has 0 aliphatic carbocycles. The summed E-state index contributed by atoms with van der Waals surface area (Å²) in [5.74, 6) is -0.440. The van der Waals surface area contributed by atoms with Crippen molar-refractivity contribution >= 4 is 24.0 Å². The average Bonchev–Trinajstić information content (AvgIpc) is 2.10. The zero-order chi connectivity index (χ0) is 9.84. The maximum absolute atomic E-state index is 13.3. The van der Waals surface area contributed by atoms with E-state index in [1.165, 1.54) is 6.07 Å². The smallest absolute Gasteiger partial charge is 0.146 e. The molecule has 14 heavy (non-hydrogen) atoms. The highest BCUT2D eigenvalue weighted by Crippen LogP contribution is 2.23. The van der Waals surface area contributed by atoms with Gasteiger partial charge in [0.15, 0.2) is 0 Å². The van der Waals surface area contributed by atoms with Crippen LogP contribution in [0.15, 0.2) is 18.2 Å². The van der Waals surface area contributed by atoms with Crippen LogP contribution >= 0.6 is 24.0 Å². The molecule has 0 aliphatic heterocycles. The largest absolute Gasteiger partial charge is 0.330 e. The second kappa shape index (κ2) is 6.19. The van der Waals surface area contributed by atoms with Crippen molar-refractivity contribution in [3.05, 3.63) is 34.6 Å². The van der Waals surface area contributed by atoms with Crippen molar-refractivity contribution in [3.8, 4) is 0 Å². The molecule has 0 fully saturated rings. The van der Waals surface area contributed by atoms with Crippen molar-refractivity contribution in [1.29, 1.82) is 0 Å². The first kappa shape index (κ1) is 13.7. The Kier molecular flexibility index (Phi) is 6.04. The summed E-state index contributed by atoms with van der Waals surface area (Å²) in [6.07, 6.45) is 0.553. The van der Waals surface area contributed by atoms with E-state index in [1.54, 1.807) is 12.1 Å². The molecule has 0 aromatic heterocycles. The number of rotatable bonds is 3. The van der Waals surface area contributed by atoms with Crippen LogP contribution in [0.2, 0.25) is 5.02 Å². The maximum Gasteiger partial charge on any atom is 0.146 e. The van der Waals surface area contributed by atoms with Crippen molar-refractivity contribution in [3.63, 3.8) is 0 Å². The van der Waals surface area contributed by atoms with E-state index in [9.17, 15) is 4.39 Å². The average molecular weight is 239 g/mol. The number of nitrogens with two attached hydrogens (primary N) is 2. The van der Waals surface area contributed by atoms with Crippen LogP contribution in [-0.2, 0) is 0 Å². The van der Waals surface area contributed by atoms with Gasteiger partial charge in [-0.1, -0.05) is 23.7 Å². The van der Waals surface area contributed by atoms with Gasteiger partial charge in [0.1, 0.15) is 5.82 Å². The zero-order valence-electron chi connectivity index (χ0n) is 7.54. The van der Waals surface area contributed by atoms with Crippen molar-refractivity contribution in [2.24, 2.45) is 11.5 Å². The number of hydrogen-bond acceptors (Lipinski definition) is 2. The molecule has 0 aliphatic rings. The molecule has 0 radical (unpaired) electrons. The molecule has 4 N–H and O–H groups in total. The molecule has 1 atom stereocenters.